The van der Waals surface area contributed by atoms with Crippen LogP contribution in [0.15, 0.2) is 109 Å². The Labute approximate surface area is 262 Å². The molecule has 0 amide bonds. The van der Waals surface area contributed by atoms with Crippen LogP contribution in [0.2, 0.25) is 0 Å². The molecule has 0 bridgehead atoms. The van der Waals surface area contributed by atoms with E-state index in [0.717, 1.165) is 46.1 Å². The van der Waals surface area contributed by atoms with Gasteiger partial charge in [-0.1, -0.05) is 91.0 Å². The van der Waals surface area contributed by atoms with Crippen molar-refractivity contribution < 1.29 is 18.9 Å². The molecule has 0 N–H and O–H groups in total. The van der Waals surface area contributed by atoms with Gasteiger partial charge in [-0.05, 0) is 55.9 Å². The second-order valence-corrected chi connectivity index (χ2v) is 12.6. The van der Waals surface area contributed by atoms with Crippen LogP contribution >= 0.6 is 0 Å². The quantitative estimate of drug-likeness (QED) is 0.189. The van der Waals surface area contributed by atoms with Crippen LogP contribution in [0.5, 0.6) is 0 Å². The molecule has 2 aromatic heterocycles. The lowest BCUT2D eigenvalue weighted by molar-refractivity contribution is -0.220. The zero-order valence-corrected chi connectivity index (χ0v) is 25.7. The van der Waals surface area contributed by atoms with E-state index in [-0.39, 0.29) is 6.61 Å². The highest BCUT2D eigenvalue weighted by Crippen LogP contribution is 2.53. The van der Waals surface area contributed by atoms with Crippen LogP contribution in [0.4, 0.5) is 5.82 Å². The Kier molecular flexibility index (Phi) is 6.73. The van der Waals surface area contributed by atoms with Gasteiger partial charge < -0.3 is 23.5 Å². The van der Waals surface area contributed by atoms with E-state index in [4.69, 9.17) is 23.9 Å². The minimum atomic E-state index is -0.888. The number of fused-ring (bicyclic) bond motifs is 1. The first kappa shape index (κ1) is 28.3. The van der Waals surface area contributed by atoms with Crippen molar-refractivity contribution >= 4 is 23.1 Å². The summed E-state index contributed by atoms with van der Waals surface area (Å²) in [5, 5.41) is 0.962. The molecule has 5 aromatic rings. The SMILES string of the molecule is CC1(C)O[C@@H]2[C@@H](COC(c3ccccc3)(c3ccccc3)c3ccccc3)O[C@@H](n3cc4c5c(ncnc53)N=CCC4)[C@]2(C)O1. The van der Waals surface area contributed by atoms with Crippen LogP contribution in [0, 0.1) is 0 Å². The summed E-state index contributed by atoms with van der Waals surface area (Å²) in [6.07, 6.45) is 5.96. The number of hydrogen-bond acceptors (Lipinski definition) is 7. The summed E-state index contributed by atoms with van der Waals surface area (Å²) in [6.45, 7) is 6.25. The molecule has 0 unspecified atom stereocenters. The molecule has 5 heterocycles. The van der Waals surface area contributed by atoms with Gasteiger partial charge in [-0.25, -0.2) is 15.0 Å². The highest BCUT2D eigenvalue weighted by Gasteiger charge is 2.64. The molecule has 3 aliphatic heterocycles. The lowest BCUT2D eigenvalue weighted by Crippen LogP contribution is -2.43. The van der Waals surface area contributed by atoms with Crippen LogP contribution in [0.3, 0.4) is 0 Å². The molecule has 3 aromatic carbocycles. The van der Waals surface area contributed by atoms with E-state index in [1.54, 1.807) is 6.33 Å². The lowest BCUT2D eigenvalue weighted by Gasteiger charge is -2.37. The van der Waals surface area contributed by atoms with E-state index in [0.29, 0.717) is 5.82 Å². The maximum atomic E-state index is 7.22. The van der Waals surface area contributed by atoms with Crippen LogP contribution < -0.4 is 0 Å². The molecule has 4 atom stereocenters. The molecular weight excluding hydrogens is 564 g/mol. The number of nitrogens with zero attached hydrogens (tertiary/aromatic N) is 4. The van der Waals surface area contributed by atoms with Gasteiger partial charge in [0.1, 0.15) is 35.4 Å². The molecule has 2 saturated heterocycles. The van der Waals surface area contributed by atoms with Crippen LogP contribution in [0.25, 0.3) is 11.0 Å². The van der Waals surface area contributed by atoms with Gasteiger partial charge in [-0.3, -0.25) is 0 Å². The van der Waals surface area contributed by atoms with Crippen LogP contribution in [-0.2, 0) is 31.0 Å². The highest BCUT2D eigenvalue weighted by molar-refractivity contribution is 5.92. The summed E-state index contributed by atoms with van der Waals surface area (Å²) >= 11 is 0. The van der Waals surface area contributed by atoms with E-state index in [2.05, 4.69) is 100 Å². The predicted molar refractivity (Wildman–Crippen MR) is 172 cm³/mol. The van der Waals surface area contributed by atoms with Gasteiger partial charge in [0.2, 0.25) is 0 Å². The second-order valence-electron chi connectivity index (χ2n) is 12.6. The first-order valence-corrected chi connectivity index (χ1v) is 15.6. The summed E-state index contributed by atoms with van der Waals surface area (Å²) in [7, 11) is 0. The summed E-state index contributed by atoms with van der Waals surface area (Å²) < 4.78 is 29.6. The van der Waals surface area contributed by atoms with Gasteiger partial charge in [0, 0.05) is 12.4 Å². The Morgan fingerprint density at radius 2 is 1.49 bits per heavy atom. The number of hydrogen-bond donors (Lipinski definition) is 0. The first-order chi connectivity index (χ1) is 21.9. The molecule has 0 radical (unpaired) electrons. The van der Waals surface area contributed by atoms with Gasteiger partial charge in [-0.15, -0.1) is 0 Å². The zero-order valence-electron chi connectivity index (χ0n) is 25.7. The van der Waals surface area contributed by atoms with E-state index in [1.807, 2.05) is 38.3 Å². The lowest BCUT2D eigenvalue weighted by atomic mass is 9.80. The molecule has 3 aliphatic rings. The van der Waals surface area contributed by atoms with Gasteiger partial charge in [0.05, 0.1) is 12.0 Å². The fourth-order valence-electron chi connectivity index (χ4n) is 7.47. The van der Waals surface area contributed by atoms with E-state index in [1.165, 1.54) is 0 Å². The predicted octanol–water partition coefficient (Wildman–Crippen LogP) is 6.90. The summed E-state index contributed by atoms with van der Waals surface area (Å²) in [5.41, 5.74) is 3.32. The number of benzene rings is 3. The minimum Gasteiger partial charge on any atom is -0.358 e. The van der Waals surface area contributed by atoms with Crippen molar-refractivity contribution in [1.29, 1.82) is 0 Å². The number of ether oxygens (including phenoxy) is 4. The Morgan fingerprint density at radius 1 is 0.867 bits per heavy atom. The molecule has 8 heteroatoms. The van der Waals surface area contributed by atoms with Crippen molar-refractivity contribution in [2.75, 3.05) is 6.61 Å². The molecule has 228 valence electrons. The maximum Gasteiger partial charge on any atom is 0.167 e. The molecule has 8 nitrogen and oxygen atoms in total. The van der Waals surface area contributed by atoms with Crippen molar-refractivity contribution in [3.8, 4) is 0 Å². The van der Waals surface area contributed by atoms with Crippen molar-refractivity contribution in [1.82, 2.24) is 14.5 Å². The number of aryl methyl sites for hydroxylation is 1. The van der Waals surface area contributed by atoms with E-state index >= 15 is 0 Å². The zero-order chi connectivity index (χ0) is 30.6. The summed E-state index contributed by atoms with van der Waals surface area (Å²) in [4.78, 5) is 13.8. The normalized spacial score (nSPS) is 25.4. The third kappa shape index (κ3) is 4.55. The smallest absolute Gasteiger partial charge is 0.167 e. The highest BCUT2D eigenvalue weighted by atomic mass is 16.8. The van der Waals surface area contributed by atoms with Gasteiger partial charge in [0.25, 0.3) is 0 Å². The molecule has 0 spiro atoms. The molecule has 2 fully saturated rings. The number of aliphatic imine (C=N–C) groups is 1. The second kappa shape index (κ2) is 10.7. The van der Waals surface area contributed by atoms with Crippen molar-refractivity contribution in [2.45, 2.75) is 69.0 Å². The Morgan fingerprint density at radius 3 is 2.11 bits per heavy atom. The van der Waals surface area contributed by atoms with Crippen molar-refractivity contribution in [3.63, 3.8) is 0 Å². The fourth-order valence-corrected chi connectivity index (χ4v) is 7.47. The van der Waals surface area contributed by atoms with Crippen molar-refractivity contribution in [3.05, 3.63) is 126 Å². The monoisotopic (exact) mass is 600 g/mol. The first-order valence-electron chi connectivity index (χ1n) is 15.6. The maximum absolute atomic E-state index is 7.22. The van der Waals surface area contributed by atoms with E-state index in [9.17, 15) is 0 Å². The van der Waals surface area contributed by atoms with Gasteiger partial charge in [-0.2, -0.15) is 0 Å². The number of aromatic nitrogens is 3. The van der Waals surface area contributed by atoms with Gasteiger partial charge in [0.15, 0.2) is 17.8 Å². The molecule has 45 heavy (non-hydrogen) atoms. The minimum absolute atomic E-state index is 0.255. The van der Waals surface area contributed by atoms with Crippen LogP contribution in [0.1, 0.15) is 55.7 Å². The molecule has 8 rings (SSSR count). The third-order valence-electron chi connectivity index (χ3n) is 9.26. The Bertz CT molecular complexity index is 1760. The molecule has 0 aliphatic carbocycles. The fraction of sp³-hybridized carbons (Fsp3) is 0.324. The number of rotatable bonds is 7. The standard InChI is InChI=1S/C37H36N4O4/c1-35(2)44-31-29(43-34(36(31,3)45-35)41-22-25-14-13-21-38-32-30(25)33(41)40-24-39-32)23-42-37(26-15-7-4-8-16-26,27-17-9-5-10-18-27)28-19-11-6-12-20-28/h4-12,15-22,24,29,31,34H,13-14,23H2,1-3H3/t29-,31-,34-,36-/m1/s1. The third-order valence-corrected chi connectivity index (χ3v) is 9.26. The average molecular weight is 601 g/mol. The summed E-state index contributed by atoms with van der Waals surface area (Å²) in [6, 6.07) is 31.2. The Hall–Kier alpha value is -4.21. The Balaban J connectivity index is 1.22. The van der Waals surface area contributed by atoms with E-state index < -0.39 is 35.4 Å². The topological polar surface area (TPSA) is 80.0 Å². The van der Waals surface area contributed by atoms with Gasteiger partial charge >= 0.3 is 0 Å². The average Bonchev–Trinajstić information content (AvgIpc) is 3.57. The largest absolute Gasteiger partial charge is 0.358 e. The summed E-state index contributed by atoms with van der Waals surface area (Å²) in [5.74, 6) is -0.121. The molecular formula is C37H36N4O4. The van der Waals surface area contributed by atoms with Crippen LogP contribution in [-0.4, -0.2) is 51.0 Å². The van der Waals surface area contributed by atoms with Crippen molar-refractivity contribution in [2.24, 2.45) is 4.99 Å². The molecule has 0 saturated carbocycles.